The van der Waals surface area contributed by atoms with Crippen LogP contribution >= 0.6 is 12.0 Å². The molecule has 6 heteroatoms. The summed E-state index contributed by atoms with van der Waals surface area (Å²) >= 11 is 0.698. The Labute approximate surface area is 87.4 Å². The average molecular weight is 234 g/mol. The molecule has 0 heterocycles. The Hall–Kier alpha value is -0.560. The van der Waals surface area contributed by atoms with E-state index in [0.717, 1.165) is 5.56 Å². The molecule has 14 heavy (non-hydrogen) atoms. The molecule has 1 unspecified atom stereocenters. The highest BCUT2D eigenvalue weighted by Gasteiger charge is 2.11. The highest BCUT2D eigenvalue weighted by Crippen LogP contribution is 2.29. The summed E-state index contributed by atoms with van der Waals surface area (Å²) in [7, 11) is -4.36. The van der Waals surface area contributed by atoms with Gasteiger partial charge >= 0.3 is 10.4 Å². The van der Waals surface area contributed by atoms with Gasteiger partial charge in [-0.05, 0) is 12.5 Å². The van der Waals surface area contributed by atoms with Crippen LogP contribution in [-0.4, -0.2) is 13.0 Å². The molecule has 0 aliphatic heterocycles. The fourth-order valence-corrected chi connectivity index (χ4v) is 2.02. The van der Waals surface area contributed by atoms with E-state index >= 15 is 0 Å². The van der Waals surface area contributed by atoms with Gasteiger partial charge in [0.25, 0.3) is 0 Å². The van der Waals surface area contributed by atoms with Crippen LogP contribution in [0.15, 0.2) is 30.3 Å². The fourth-order valence-electron chi connectivity index (χ4n) is 0.888. The Bertz CT molecular complexity index is 374. The number of benzene rings is 1. The quantitative estimate of drug-likeness (QED) is 0.639. The molecule has 0 aliphatic rings. The van der Waals surface area contributed by atoms with E-state index in [1.165, 1.54) is 0 Å². The first-order valence-electron chi connectivity index (χ1n) is 3.86. The predicted octanol–water partition coefficient (Wildman–Crippen LogP) is 2.22. The Morgan fingerprint density at radius 2 is 1.93 bits per heavy atom. The molecular formula is C8H10O4S2. The monoisotopic (exact) mass is 234 g/mol. The lowest BCUT2D eigenvalue weighted by Gasteiger charge is -2.08. The summed E-state index contributed by atoms with van der Waals surface area (Å²) in [5.74, 6) is 0. The normalized spacial score (nSPS) is 13.9. The van der Waals surface area contributed by atoms with Crippen LogP contribution in [-0.2, 0) is 14.0 Å². The van der Waals surface area contributed by atoms with Gasteiger partial charge in [0.05, 0.1) is 5.25 Å². The van der Waals surface area contributed by atoms with Crippen molar-refractivity contribution >= 4 is 22.4 Å². The summed E-state index contributed by atoms with van der Waals surface area (Å²) in [6.07, 6.45) is 0. The van der Waals surface area contributed by atoms with Crippen LogP contribution in [0.25, 0.3) is 0 Å². The molecule has 78 valence electrons. The van der Waals surface area contributed by atoms with E-state index < -0.39 is 10.4 Å². The first-order chi connectivity index (χ1) is 6.49. The second-order valence-electron chi connectivity index (χ2n) is 2.64. The minimum absolute atomic E-state index is 0.155. The largest absolute Gasteiger partial charge is 0.408 e. The molecule has 0 amide bonds. The van der Waals surface area contributed by atoms with Crippen LogP contribution < -0.4 is 0 Å². The third-order valence-corrected chi connectivity index (χ3v) is 3.10. The molecule has 1 rings (SSSR count). The van der Waals surface area contributed by atoms with E-state index in [2.05, 4.69) is 3.63 Å². The molecule has 1 atom stereocenters. The van der Waals surface area contributed by atoms with Crippen molar-refractivity contribution in [3.63, 3.8) is 0 Å². The molecule has 0 saturated heterocycles. The second-order valence-corrected chi connectivity index (χ2v) is 4.94. The van der Waals surface area contributed by atoms with Gasteiger partial charge in [-0.1, -0.05) is 30.3 Å². The zero-order valence-electron chi connectivity index (χ0n) is 7.45. The van der Waals surface area contributed by atoms with Crippen molar-refractivity contribution in [1.29, 1.82) is 0 Å². The van der Waals surface area contributed by atoms with Crippen molar-refractivity contribution < 1.29 is 16.6 Å². The molecule has 1 aromatic rings. The van der Waals surface area contributed by atoms with Crippen LogP contribution in [0, 0.1) is 0 Å². The van der Waals surface area contributed by atoms with Gasteiger partial charge in [0.15, 0.2) is 0 Å². The first-order valence-corrected chi connectivity index (χ1v) is 6.03. The van der Waals surface area contributed by atoms with E-state index in [-0.39, 0.29) is 5.25 Å². The third-order valence-electron chi connectivity index (χ3n) is 1.54. The van der Waals surface area contributed by atoms with E-state index in [1.807, 2.05) is 30.3 Å². The van der Waals surface area contributed by atoms with Crippen LogP contribution in [0.5, 0.6) is 0 Å². The molecule has 0 spiro atoms. The van der Waals surface area contributed by atoms with Crippen molar-refractivity contribution in [3.05, 3.63) is 35.9 Å². The van der Waals surface area contributed by atoms with Crippen LogP contribution in [0.4, 0.5) is 0 Å². The molecule has 0 aliphatic carbocycles. The maximum atomic E-state index is 10.3. The fraction of sp³-hybridized carbons (Fsp3) is 0.250. The maximum absolute atomic E-state index is 10.3. The van der Waals surface area contributed by atoms with Gasteiger partial charge in [-0.25, -0.2) is 0 Å². The van der Waals surface area contributed by atoms with Crippen molar-refractivity contribution in [2.24, 2.45) is 0 Å². The molecule has 0 saturated carbocycles. The number of hydrogen-bond acceptors (Lipinski definition) is 4. The minimum atomic E-state index is -4.36. The second kappa shape index (κ2) is 4.79. The van der Waals surface area contributed by atoms with Gasteiger partial charge in [-0.3, -0.25) is 4.55 Å². The van der Waals surface area contributed by atoms with Crippen LogP contribution in [0.1, 0.15) is 17.7 Å². The van der Waals surface area contributed by atoms with Gasteiger partial charge in [0.2, 0.25) is 0 Å². The van der Waals surface area contributed by atoms with Crippen molar-refractivity contribution in [1.82, 2.24) is 0 Å². The Kier molecular flexibility index (Phi) is 3.94. The lowest BCUT2D eigenvalue weighted by Crippen LogP contribution is -1.99. The zero-order chi connectivity index (χ0) is 10.6. The molecule has 0 fully saturated rings. The van der Waals surface area contributed by atoms with Crippen molar-refractivity contribution in [2.75, 3.05) is 0 Å². The molecule has 1 aromatic carbocycles. The number of rotatable bonds is 4. The minimum Gasteiger partial charge on any atom is -0.263 e. The van der Waals surface area contributed by atoms with Gasteiger partial charge in [-0.2, -0.15) is 12.0 Å². The van der Waals surface area contributed by atoms with E-state index in [0.29, 0.717) is 12.0 Å². The standard InChI is InChI=1S/C8H10O4S2/c1-7(13-12-14(9,10)11)8-5-3-2-4-6-8/h2-7H,1H3,(H,9,10,11). The molecule has 0 aromatic heterocycles. The molecular weight excluding hydrogens is 224 g/mol. The summed E-state index contributed by atoms with van der Waals surface area (Å²) in [6, 6.07) is 9.26. The summed E-state index contributed by atoms with van der Waals surface area (Å²) in [4.78, 5) is 0. The van der Waals surface area contributed by atoms with Gasteiger partial charge in [-0.15, -0.1) is 0 Å². The van der Waals surface area contributed by atoms with Crippen LogP contribution in [0.3, 0.4) is 0 Å². The average Bonchev–Trinajstić information content (AvgIpc) is 2.14. The van der Waals surface area contributed by atoms with E-state index in [1.54, 1.807) is 6.92 Å². The first kappa shape index (κ1) is 11.5. The van der Waals surface area contributed by atoms with E-state index in [9.17, 15) is 8.42 Å². The molecule has 0 radical (unpaired) electrons. The predicted molar refractivity (Wildman–Crippen MR) is 55.1 cm³/mol. The SMILES string of the molecule is CC(SOS(=O)(=O)O)c1ccccc1. The lowest BCUT2D eigenvalue weighted by atomic mass is 10.2. The molecule has 4 nitrogen and oxygen atoms in total. The summed E-state index contributed by atoms with van der Waals surface area (Å²) in [6.45, 7) is 1.78. The van der Waals surface area contributed by atoms with Crippen molar-refractivity contribution in [3.8, 4) is 0 Å². The molecule has 0 bridgehead atoms. The summed E-state index contributed by atoms with van der Waals surface area (Å²) in [5.41, 5.74) is 0.932. The summed E-state index contributed by atoms with van der Waals surface area (Å²) < 4.78 is 33.1. The van der Waals surface area contributed by atoms with Crippen molar-refractivity contribution in [2.45, 2.75) is 12.2 Å². The Morgan fingerprint density at radius 3 is 2.43 bits per heavy atom. The highest BCUT2D eigenvalue weighted by molar-refractivity contribution is 8.02. The number of hydrogen-bond donors (Lipinski definition) is 1. The topological polar surface area (TPSA) is 63.6 Å². The molecule has 1 N–H and O–H groups in total. The van der Waals surface area contributed by atoms with E-state index in [4.69, 9.17) is 4.55 Å². The smallest absolute Gasteiger partial charge is 0.263 e. The summed E-state index contributed by atoms with van der Waals surface area (Å²) in [5, 5.41) is -0.155. The third kappa shape index (κ3) is 4.10. The Balaban J connectivity index is 2.56. The van der Waals surface area contributed by atoms with Gasteiger partial charge in [0.1, 0.15) is 0 Å². The lowest BCUT2D eigenvalue weighted by molar-refractivity contribution is 0.407. The maximum Gasteiger partial charge on any atom is 0.408 e. The van der Waals surface area contributed by atoms with Gasteiger partial charge < -0.3 is 0 Å². The zero-order valence-corrected chi connectivity index (χ0v) is 9.09. The highest BCUT2D eigenvalue weighted by atomic mass is 32.3. The van der Waals surface area contributed by atoms with Gasteiger partial charge in [0, 0.05) is 12.0 Å². The van der Waals surface area contributed by atoms with Crippen LogP contribution in [0.2, 0.25) is 0 Å². The Morgan fingerprint density at radius 1 is 1.36 bits per heavy atom.